The normalized spacial score (nSPS) is 11.0. The fourth-order valence-corrected chi connectivity index (χ4v) is 3.79. The second-order valence-electron chi connectivity index (χ2n) is 7.27. The smallest absolute Gasteiger partial charge is 0.122 e. The van der Waals surface area contributed by atoms with Gasteiger partial charge in [0.2, 0.25) is 0 Å². The molecule has 0 spiro atoms. The number of para-hydroxylation sites is 3. The number of imidazole rings is 1. The average Bonchev–Trinajstić information content (AvgIpc) is 3.11. The maximum absolute atomic E-state index is 6.08. The van der Waals surface area contributed by atoms with Gasteiger partial charge in [-0.3, -0.25) is 0 Å². The third-order valence-electron chi connectivity index (χ3n) is 5.13. The van der Waals surface area contributed by atoms with Crippen LogP contribution >= 0.6 is 11.6 Å². The molecule has 0 amide bonds. The lowest BCUT2D eigenvalue weighted by Gasteiger charge is -2.12. The number of hydrogen-bond acceptors (Lipinski definition) is 2. The van der Waals surface area contributed by atoms with Gasteiger partial charge in [0.05, 0.1) is 17.6 Å². The number of ether oxygens (including phenoxy) is 1. The molecule has 0 bridgehead atoms. The van der Waals surface area contributed by atoms with Crippen LogP contribution in [-0.4, -0.2) is 16.2 Å². The summed E-state index contributed by atoms with van der Waals surface area (Å²) in [6.45, 7) is 5.34. The summed E-state index contributed by atoms with van der Waals surface area (Å²) in [5.41, 5.74) is 4.56. The van der Waals surface area contributed by atoms with Crippen molar-refractivity contribution in [1.82, 2.24) is 9.55 Å². The highest BCUT2D eigenvalue weighted by atomic mass is 35.5. The molecule has 0 aliphatic carbocycles. The predicted molar refractivity (Wildman–Crippen MR) is 124 cm³/mol. The summed E-state index contributed by atoms with van der Waals surface area (Å²) in [6, 6.07) is 24.4. The van der Waals surface area contributed by atoms with Crippen LogP contribution in [0.4, 0.5) is 0 Å². The highest BCUT2D eigenvalue weighted by molar-refractivity contribution is 6.30. The summed E-state index contributed by atoms with van der Waals surface area (Å²) in [6.07, 6.45) is 4.39. The molecule has 0 aliphatic rings. The molecule has 152 valence electrons. The van der Waals surface area contributed by atoms with Crippen molar-refractivity contribution < 1.29 is 4.74 Å². The summed E-state index contributed by atoms with van der Waals surface area (Å²) in [4.78, 5) is 4.88. The SMILES string of the molecule is C=CCc1ccccc1OCCCn1c(Cc2ccc(Cl)cc2)nc2ccccc21. The molecule has 0 unspecified atom stereocenters. The average molecular weight is 417 g/mol. The Bertz CT molecular complexity index is 1130. The Morgan fingerprint density at radius 3 is 2.57 bits per heavy atom. The Kier molecular flexibility index (Phi) is 6.50. The van der Waals surface area contributed by atoms with E-state index >= 15 is 0 Å². The maximum Gasteiger partial charge on any atom is 0.122 e. The Morgan fingerprint density at radius 2 is 1.73 bits per heavy atom. The van der Waals surface area contributed by atoms with Crippen molar-refractivity contribution in [3.05, 3.63) is 107 Å². The Balaban J connectivity index is 1.48. The lowest BCUT2D eigenvalue weighted by atomic mass is 10.1. The van der Waals surface area contributed by atoms with Gasteiger partial charge >= 0.3 is 0 Å². The monoisotopic (exact) mass is 416 g/mol. The van der Waals surface area contributed by atoms with Crippen molar-refractivity contribution >= 4 is 22.6 Å². The molecular weight excluding hydrogens is 392 g/mol. The predicted octanol–water partition coefficient (Wildman–Crippen LogP) is 6.48. The number of benzene rings is 3. The molecule has 0 saturated carbocycles. The molecule has 4 heteroatoms. The number of nitrogens with zero attached hydrogens (tertiary/aromatic N) is 2. The minimum Gasteiger partial charge on any atom is -0.493 e. The molecule has 0 atom stereocenters. The molecule has 0 radical (unpaired) electrons. The summed E-state index contributed by atoms with van der Waals surface area (Å²) in [7, 11) is 0. The molecule has 3 nitrogen and oxygen atoms in total. The van der Waals surface area contributed by atoms with Crippen LogP contribution in [0.1, 0.15) is 23.4 Å². The van der Waals surface area contributed by atoms with E-state index in [2.05, 4.69) is 47.5 Å². The number of aryl methyl sites for hydroxylation is 1. The van der Waals surface area contributed by atoms with Gasteiger partial charge in [-0.05, 0) is 54.3 Å². The lowest BCUT2D eigenvalue weighted by molar-refractivity contribution is 0.299. The second kappa shape index (κ2) is 9.64. The summed E-state index contributed by atoms with van der Waals surface area (Å²) < 4.78 is 8.38. The zero-order valence-corrected chi connectivity index (χ0v) is 17.7. The number of aromatic nitrogens is 2. The highest BCUT2D eigenvalue weighted by Gasteiger charge is 2.11. The van der Waals surface area contributed by atoms with E-state index in [0.717, 1.165) is 53.4 Å². The highest BCUT2D eigenvalue weighted by Crippen LogP contribution is 2.21. The third-order valence-corrected chi connectivity index (χ3v) is 5.38. The van der Waals surface area contributed by atoms with Crippen molar-refractivity contribution in [2.45, 2.75) is 25.8 Å². The quantitative estimate of drug-likeness (QED) is 0.230. The molecular formula is C26H25ClN2O. The van der Waals surface area contributed by atoms with E-state index in [9.17, 15) is 0 Å². The molecule has 0 saturated heterocycles. The molecule has 1 aromatic heterocycles. The van der Waals surface area contributed by atoms with Gasteiger partial charge in [-0.2, -0.15) is 0 Å². The van der Waals surface area contributed by atoms with E-state index in [1.807, 2.05) is 42.5 Å². The first kappa shape index (κ1) is 20.2. The minimum absolute atomic E-state index is 0.654. The van der Waals surface area contributed by atoms with Crippen molar-refractivity contribution in [2.24, 2.45) is 0 Å². The molecule has 0 fully saturated rings. The van der Waals surface area contributed by atoms with E-state index in [1.165, 1.54) is 11.1 Å². The first-order valence-electron chi connectivity index (χ1n) is 10.2. The van der Waals surface area contributed by atoms with E-state index in [-0.39, 0.29) is 0 Å². The van der Waals surface area contributed by atoms with Gasteiger partial charge in [0.1, 0.15) is 11.6 Å². The summed E-state index contributed by atoms with van der Waals surface area (Å²) in [5, 5.41) is 0.751. The van der Waals surface area contributed by atoms with Crippen LogP contribution in [0, 0.1) is 0 Å². The van der Waals surface area contributed by atoms with Crippen LogP contribution in [0.2, 0.25) is 5.02 Å². The van der Waals surface area contributed by atoms with E-state index in [0.29, 0.717) is 6.61 Å². The van der Waals surface area contributed by atoms with Crippen LogP contribution < -0.4 is 4.74 Å². The standard InChI is InChI=1S/C26H25ClN2O/c1-2-8-21-9-3-6-12-25(21)30-18-7-17-29-24-11-5-4-10-23(24)28-26(29)19-20-13-15-22(27)16-14-20/h2-6,9-16H,1,7-8,17-19H2. The van der Waals surface area contributed by atoms with Gasteiger partial charge in [0.25, 0.3) is 0 Å². The summed E-state index contributed by atoms with van der Waals surface area (Å²) >= 11 is 6.04. The van der Waals surface area contributed by atoms with E-state index in [1.54, 1.807) is 0 Å². The Morgan fingerprint density at radius 1 is 0.967 bits per heavy atom. The topological polar surface area (TPSA) is 27.1 Å². The van der Waals surface area contributed by atoms with Crippen molar-refractivity contribution in [3.8, 4) is 5.75 Å². The number of rotatable bonds is 9. The minimum atomic E-state index is 0.654. The molecule has 4 aromatic rings. The number of hydrogen-bond donors (Lipinski definition) is 0. The molecule has 0 aliphatic heterocycles. The van der Waals surface area contributed by atoms with Gasteiger partial charge in [-0.15, -0.1) is 6.58 Å². The zero-order valence-electron chi connectivity index (χ0n) is 16.9. The largest absolute Gasteiger partial charge is 0.493 e. The molecule has 30 heavy (non-hydrogen) atoms. The fraction of sp³-hybridized carbons (Fsp3) is 0.192. The van der Waals surface area contributed by atoms with Gasteiger partial charge < -0.3 is 9.30 Å². The van der Waals surface area contributed by atoms with Gasteiger partial charge in [0, 0.05) is 18.0 Å². The lowest BCUT2D eigenvalue weighted by Crippen LogP contribution is -2.09. The zero-order chi connectivity index (χ0) is 20.8. The van der Waals surface area contributed by atoms with Gasteiger partial charge in [-0.25, -0.2) is 4.98 Å². The van der Waals surface area contributed by atoms with Crippen molar-refractivity contribution in [1.29, 1.82) is 0 Å². The molecule has 4 rings (SSSR count). The maximum atomic E-state index is 6.08. The molecule has 3 aromatic carbocycles. The van der Waals surface area contributed by atoms with Crippen molar-refractivity contribution in [3.63, 3.8) is 0 Å². The first-order chi connectivity index (χ1) is 14.7. The molecule has 0 N–H and O–H groups in total. The van der Waals surface area contributed by atoms with Crippen LogP contribution in [-0.2, 0) is 19.4 Å². The van der Waals surface area contributed by atoms with Gasteiger partial charge in [-0.1, -0.05) is 60.1 Å². The fourth-order valence-electron chi connectivity index (χ4n) is 3.67. The summed E-state index contributed by atoms with van der Waals surface area (Å²) in [5.74, 6) is 2.00. The third kappa shape index (κ3) is 4.74. The van der Waals surface area contributed by atoms with E-state index < -0.39 is 0 Å². The van der Waals surface area contributed by atoms with Crippen molar-refractivity contribution in [2.75, 3.05) is 6.61 Å². The number of fused-ring (bicyclic) bond motifs is 1. The second-order valence-corrected chi connectivity index (χ2v) is 7.71. The van der Waals surface area contributed by atoms with Crippen LogP contribution in [0.25, 0.3) is 11.0 Å². The van der Waals surface area contributed by atoms with Crippen LogP contribution in [0.15, 0.2) is 85.5 Å². The van der Waals surface area contributed by atoms with Crippen LogP contribution in [0.3, 0.4) is 0 Å². The Hall–Kier alpha value is -3.04. The Labute approximate surface area is 182 Å². The number of allylic oxidation sites excluding steroid dienone is 1. The molecule has 1 heterocycles. The van der Waals surface area contributed by atoms with Gasteiger partial charge in [0.15, 0.2) is 0 Å². The van der Waals surface area contributed by atoms with E-state index in [4.69, 9.17) is 21.3 Å². The number of halogens is 1. The van der Waals surface area contributed by atoms with Crippen LogP contribution in [0.5, 0.6) is 5.75 Å². The first-order valence-corrected chi connectivity index (χ1v) is 10.6.